The second kappa shape index (κ2) is 3.54. The van der Waals surface area contributed by atoms with Crippen molar-refractivity contribution in [2.45, 2.75) is 32.2 Å². The standard InChI is InChI=1S/C15H18N2/c1-3-11-9-15(11,16)14-8-10(2)12-6-4-5-7-13(12)17-14/h4-8,11H,3,9,16H2,1-2H3. The van der Waals surface area contributed by atoms with Gasteiger partial charge in [-0.2, -0.15) is 0 Å². The first-order valence-electron chi connectivity index (χ1n) is 6.31. The minimum absolute atomic E-state index is 0.163. The molecule has 2 heteroatoms. The molecule has 0 saturated heterocycles. The molecule has 0 aliphatic heterocycles. The number of benzene rings is 1. The summed E-state index contributed by atoms with van der Waals surface area (Å²) in [5.41, 5.74) is 9.67. The van der Waals surface area contributed by atoms with Crippen LogP contribution < -0.4 is 5.73 Å². The summed E-state index contributed by atoms with van der Waals surface area (Å²) in [5.74, 6) is 0.607. The van der Waals surface area contributed by atoms with Crippen molar-refractivity contribution in [2.24, 2.45) is 11.7 Å². The van der Waals surface area contributed by atoms with Crippen LogP contribution in [-0.4, -0.2) is 4.98 Å². The molecule has 17 heavy (non-hydrogen) atoms. The van der Waals surface area contributed by atoms with Crippen LogP contribution in [-0.2, 0) is 5.54 Å². The zero-order valence-corrected chi connectivity index (χ0v) is 10.4. The van der Waals surface area contributed by atoms with E-state index in [1.807, 2.05) is 6.07 Å². The van der Waals surface area contributed by atoms with Crippen molar-refractivity contribution in [2.75, 3.05) is 0 Å². The summed E-state index contributed by atoms with van der Waals surface area (Å²) in [6.45, 7) is 4.34. The van der Waals surface area contributed by atoms with Crippen LogP contribution in [0.15, 0.2) is 30.3 Å². The van der Waals surface area contributed by atoms with Crippen molar-refractivity contribution >= 4 is 10.9 Å². The highest BCUT2D eigenvalue weighted by molar-refractivity contribution is 5.82. The smallest absolute Gasteiger partial charge is 0.0708 e. The molecule has 1 fully saturated rings. The number of para-hydroxylation sites is 1. The topological polar surface area (TPSA) is 38.9 Å². The third kappa shape index (κ3) is 1.55. The number of pyridine rings is 1. The van der Waals surface area contributed by atoms with Crippen LogP contribution in [0.2, 0.25) is 0 Å². The van der Waals surface area contributed by atoms with Gasteiger partial charge < -0.3 is 5.73 Å². The number of aromatic nitrogens is 1. The molecule has 0 bridgehead atoms. The van der Waals surface area contributed by atoms with Crippen molar-refractivity contribution < 1.29 is 0 Å². The third-order valence-electron chi connectivity index (χ3n) is 4.05. The number of rotatable bonds is 2. The van der Waals surface area contributed by atoms with Crippen molar-refractivity contribution in [1.82, 2.24) is 4.98 Å². The summed E-state index contributed by atoms with van der Waals surface area (Å²) in [6.07, 6.45) is 2.22. The average Bonchev–Trinajstić information content (AvgIpc) is 3.02. The molecule has 1 aromatic heterocycles. The van der Waals surface area contributed by atoms with Crippen LogP contribution in [0.1, 0.15) is 31.0 Å². The second-order valence-corrected chi connectivity index (χ2v) is 5.19. The largest absolute Gasteiger partial charge is 0.320 e. The average molecular weight is 226 g/mol. The van der Waals surface area contributed by atoms with Gasteiger partial charge in [-0.15, -0.1) is 0 Å². The SMILES string of the molecule is CCC1CC1(N)c1cc(C)c2ccccc2n1. The van der Waals surface area contributed by atoms with E-state index in [-0.39, 0.29) is 5.54 Å². The predicted molar refractivity (Wildman–Crippen MR) is 70.7 cm³/mol. The van der Waals surface area contributed by atoms with E-state index < -0.39 is 0 Å². The molecule has 2 unspecified atom stereocenters. The van der Waals surface area contributed by atoms with Gasteiger partial charge in [0.25, 0.3) is 0 Å². The minimum atomic E-state index is -0.163. The lowest BCUT2D eigenvalue weighted by atomic mass is 10.0. The van der Waals surface area contributed by atoms with E-state index in [2.05, 4.69) is 38.1 Å². The summed E-state index contributed by atoms with van der Waals surface area (Å²) in [6, 6.07) is 10.4. The van der Waals surface area contributed by atoms with Gasteiger partial charge in [-0.05, 0) is 37.0 Å². The number of aryl methyl sites for hydroxylation is 1. The molecule has 2 N–H and O–H groups in total. The van der Waals surface area contributed by atoms with Crippen LogP contribution in [0, 0.1) is 12.8 Å². The Morgan fingerprint density at radius 1 is 1.41 bits per heavy atom. The third-order valence-corrected chi connectivity index (χ3v) is 4.05. The van der Waals surface area contributed by atoms with Gasteiger partial charge in [0.15, 0.2) is 0 Å². The quantitative estimate of drug-likeness (QED) is 0.854. The Balaban J connectivity index is 2.14. The summed E-state index contributed by atoms with van der Waals surface area (Å²) in [5, 5.41) is 1.23. The van der Waals surface area contributed by atoms with E-state index in [4.69, 9.17) is 10.7 Å². The molecule has 1 aliphatic carbocycles. The molecule has 1 saturated carbocycles. The van der Waals surface area contributed by atoms with E-state index in [0.717, 1.165) is 24.1 Å². The van der Waals surface area contributed by atoms with E-state index in [9.17, 15) is 0 Å². The Morgan fingerprint density at radius 2 is 2.18 bits per heavy atom. The van der Waals surface area contributed by atoms with Crippen molar-refractivity contribution in [1.29, 1.82) is 0 Å². The minimum Gasteiger partial charge on any atom is -0.320 e. The Morgan fingerprint density at radius 3 is 2.88 bits per heavy atom. The van der Waals surface area contributed by atoms with Crippen LogP contribution in [0.25, 0.3) is 10.9 Å². The monoisotopic (exact) mass is 226 g/mol. The van der Waals surface area contributed by atoms with Gasteiger partial charge >= 0.3 is 0 Å². The van der Waals surface area contributed by atoms with Crippen LogP contribution >= 0.6 is 0 Å². The summed E-state index contributed by atoms with van der Waals surface area (Å²) in [4.78, 5) is 4.74. The van der Waals surface area contributed by atoms with Crippen LogP contribution in [0.4, 0.5) is 0 Å². The first kappa shape index (κ1) is 10.7. The molecule has 1 heterocycles. The van der Waals surface area contributed by atoms with Crippen molar-refractivity contribution in [3.63, 3.8) is 0 Å². The van der Waals surface area contributed by atoms with Crippen LogP contribution in [0.5, 0.6) is 0 Å². The van der Waals surface area contributed by atoms with Crippen molar-refractivity contribution in [3.05, 3.63) is 41.6 Å². The predicted octanol–water partition coefficient (Wildman–Crippen LogP) is 3.13. The second-order valence-electron chi connectivity index (χ2n) is 5.19. The van der Waals surface area contributed by atoms with E-state index in [0.29, 0.717) is 5.92 Å². The highest BCUT2D eigenvalue weighted by Crippen LogP contribution is 2.51. The van der Waals surface area contributed by atoms with Gasteiger partial charge in [-0.25, -0.2) is 0 Å². The number of fused-ring (bicyclic) bond motifs is 1. The molecular formula is C15H18N2. The Labute approximate surface area is 102 Å². The maximum absolute atomic E-state index is 6.42. The number of nitrogens with two attached hydrogens (primary N) is 1. The first-order chi connectivity index (χ1) is 8.15. The fourth-order valence-electron chi connectivity index (χ4n) is 2.76. The fourth-order valence-corrected chi connectivity index (χ4v) is 2.76. The molecule has 3 rings (SSSR count). The lowest BCUT2D eigenvalue weighted by Gasteiger charge is -2.13. The van der Waals surface area contributed by atoms with E-state index in [1.165, 1.54) is 10.9 Å². The molecule has 0 amide bonds. The molecule has 0 spiro atoms. The maximum Gasteiger partial charge on any atom is 0.0708 e. The molecular weight excluding hydrogens is 208 g/mol. The first-order valence-corrected chi connectivity index (χ1v) is 6.31. The van der Waals surface area contributed by atoms with E-state index >= 15 is 0 Å². The van der Waals surface area contributed by atoms with Gasteiger partial charge in [0, 0.05) is 5.39 Å². The molecule has 0 radical (unpaired) electrons. The van der Waals surface area contributed by atoms with Gasteiger partial charge in [0.05, 0.1) is 16.7 Å². The lowest BCUT2D eigenvalue weighted by Crippen LogP contribution is -2.23. The highest BCUT2D eigenvalue weighted by atomic mass is 14.9. The lowest BCUT2D eigenvalue weighted by molar-refractivity contribution is 0.600. The summed E-state index contributed by atoms with van der Waals surface area (Å²) < 4.78 is 0. The number of hydrogen-bond acceptors (Lipinski definition) is 2. The van der Waals surface area contributed by atoms with Gasteiger partial charge in [0.1, 0.15) is 0 Å². The molecule has 2 atom stereocenters. The normalized spacial score (nSPS) is 27.4. The number of hydrogen-bond donors (Lipinski definition) is 1. The van der Waals surface area contributed by atoms with Gasteiger partial charge in [-0.3, -0.25) is 4.98 Å². The fraction of sp³-hybridized carbons (Fsp3) is 0.400. The van der Waals surface area contributed by atoms with Crippen LogP contribution in [0.3, 0.4) is 0 Å². The Kier molecular flexibility index (Phi) is 2.23. The Hall–Kier alpha value is -1.41. The number of nitrogens with zero attached hydrogens (tertiary/aromatic N) is 1. The molecule has 1 aliphatic rings. The highest BCUT2D eigenvalue weighted by Gasteiger charge is 2.52. The Bertz CT molecular complexity index is 576. The van der Waals surface area contributed by atoms with Gasteiger partial charge in [-0.1, -0.05) is 31.5 Å². The molecule has 1 aromatic carbocycles. The zero-order chi connectivity index (χ0) is 12.0. The molecule has 2 aromatic rings. The maximum atomic E-state index is 6.42. The van der Waals surface area contributed by atoms with Crippen molar-refractivity contribution in [3.8, 4) is 0 Å². The molecule has 2 nitrogen and oxygen atoms in total. The molecule has 88 valence electrons. The summed E-state index contributed by atoms with van der Waals surface area (Å²) in [7, 11) is 0. The zero-order valence-electron chi connectivity index (χ0n) is 10.4. The summed E-state index contributed by atoms with van der Waals surface area (Å²) >= 11 is 0. The van der Waals surface area contributed by atoms with E-state index in [1.54, 1.807) is 0 Å². The van der Waals surface area contributed by atoms with Gasteiger partial charge in [0.2, 0.25) is 0 Å².